The molecule has 0 aliphatic rings. The number of ether oxygens (including phenoxy) is 4. The molecule has 212 valence electrons. The van der Waals surface area contributed by atoms with E-state index in [1.807, 2.05) is 41.0 Å². The van der Waals surface area contributed by atoms with Crippen LogP contribution in [0.3, 0.4) is 0 Å². The summed E-state index contributed by atoms with van der Waals surface area (Å²) in [5.74, 6) is 1.15. The van der Waals surface area contributed by atoms with Crippen LogP contribution < -0.4 is 24.4 Å². The van der Waals surface area contributed by atoms with Gasteiger partial charge in [0.05, 0.1) is 33.3 Å². The Labute approximate surface area is 245 Å². The average molecular weight is 596 g/mol. The van der Waals surface area contributed by atoms with E-state index >= 15 is 0 Å². The van der Waals surface area contributed by atoms with Gasteiger partial charge in [0.1, 0.15) is 5.75 Å². The minimum Gasteiger partial charge on any atom is -0.497 e. The Hall–Kier alpha value is -4.55. The first-order valence-electron chi connectivity index (χ1n) is 12.1. The fourth-order valence-electron chi connectivity index (χ4n) is 3.67. The van der Waals surface area contributed by atoms with Crippen LogP contribution in [0, 0.1) is 0 Å². The van der Waals surface area contributed by atoms with E-state index in [2.05, 4.69) is 20.7 Å². The predicted octanol–water partition coefficient (Wildman–Crippen LogP) is 4.78. The molecular weight excluding hydrogens is 570 g/mol. The van der Waals surface area contributed by atoms with Gasteiger partial charge in [-0.1, -0.05) is 23.4 Å². The Kier molecular flexibility index (Phi) is 9.82. The van der Waals surface area contributed by atoms with E-state index in [1.165, 1.54) is 39.1 Å². The summed E-state index contributed by atoms with van der Waals surface area (Å²) in [6, 6.07) is 17.9. The maximum absolute atomic E-state index is 12.6. The zero-order valence-electron chi connectivity index (χ0n) is 22.6. The second-order valence-electron chi connectivity index (χ2n) is 8.28. The number of nitrogens with one attached hydrogen (secondary N) is 1. The monoisotopic (exact) mass is 595 g/mol. The molecule has 3 aromatic carbocycles. The van der Waals surface area contributed by atoms with Crippen LogP contribution in [0.4, 0.5) is 0 Å². The second kappa shape index (κ2) is 13.7. The Morgan fingerprint density at radius 2 is 1.63 bits per heavy atom. The molecule has 0 atom stereocenters. The molecule has 4 aromatic rings. The number of carbonyl (C=O) groups is 2. The van der Waals surface area contributed by atoms with Gasteiger partial charge in [0.2, 0.25) is 5.75 Å². The van der Waals surface area contributed by atoms with Crippen molar-refractivity contribution in [2.24, 2.45) is 5.10 Å². The minimum absolute atomic E-state index is 0.0176. The first-order valence-corrected chi connectivity index (χ1v) is 13.4. The summed E-state index contributed by atoms with van der Waals surface area (Å²) in [5, 5.41) is 13.8. The molecule has 0 aliphatic carbocycles. The van der Waals surface area contributed by atoms with E-state index in [0.29, 0.717) is 21.6 Å². The standard InChI is InChI=1S/C28H26ClN5O6S/c1-17(35)40-26-23(38-3)13-18(14-24(26)39-4)15-30-31-25(36)16-41-28-33-32-27(19-5-11-22(37-2)12-6-19)34(28)21-9-7-20(29)8-10-21/h5-15H,16H2,1-4H3,(H,31,36)/b30-15-. The van der Waals surface area contributed by atoms with Gasteiger partial charge in [-0.3, -0.25) is 14.2 Å². The SMILES string of the molecule is COc1ccc(-c2nnc(SCC(=O)N/N=C\c3cc(OC)c(OC(C)=O)c(OC)c3)n2-c2ccc(Cl)cc2)cc1. The maximum Gasteiger partial charge on any atom is 0.308 e. The summed E-state index contributed by atoms with van der Waals surface area (Å²) in [7, 11) is 4.47. The molecule has 0 unspecified atom stereocenters. The molecule has 0 saturated carbocycles. The molecule has 1 amide bonds. The molecule has 0 aliphatic heterocycles. The van der Waals surface area contributed by atoms with Crippen LogP contribution in [0.5, 0.6) is 23.0 Å². The third-order valence-corrected chi connectivity index (χ3v) is 6.71. The lowest BCUT2D eigenvalue weighted by Crippen LogP contribution is -2.20. The van der Waals surface area contributed by atoms with Gasteiger partial charge in [-0.15, -0.1) is 10.2 Å². The van der Waals surface area contributed by atoms with Crippen molar-refractivity contribution >= 4 is 41.5 Å². The average Bonchev–Trinajstić information content (AvgIpc) is 3.40. The van der Waals surface area contributed by atoms with Crippen LogP contribution in [0.1, 0.15) is 12.5 Å². The van der Waals surface area contributed by atoms with Crippen molar-refractivity contribution < 1.29 is 28.5 Å². The number of thioether (sulfide) groups is 1. The van der Waals surface area contributed by atoms with Gasteiger partial charge in [0.25, 0.3) is 5.91 Å². The number of nitrogens with zero attached hydrogens (tertiary/aromatic N) is 4. The van der Waals surface area contributed by atoms with Gasteiger partial charge in [0.15, 0.2) is 22.5 Å². The Morgan fingerprint density at radius 3 is 2.22 bits per heavy atom. The molecule has 11 nitrogen and oxygen atoms in total. The normalized spacial score (nSPS) is 10.9. The number of amides is 1. The van der Waals surface area contributed by atoms with Crippen LogP contribution in [0.25, 0.3) is 17.1 Å². The summed E-state index contributed by atoms with van der Waals surface area (Å²) in [6.45, 7) is 1.28. The topological polar surface area (TPSA) is 126 Å². The number of hydrazone groups is 1. The van der Waals surface area contributed by atoms with Crippen LogP contribution in [-0.4, -0.2) is 59.9 Å². The lowest BCUT2D eigenvalue weighted by atomic mass is 10.2. The highest BCUT2D eigenvalue weighted by atomic mass is 35.5. The molecule has 1 heterocycles. The van der Waals surface area contributed by atoms with Gasteiger partial charge < -0.3 is 18.9 Å². The zero-order chi connectivity index (χ0) is 29.4. The summed E-state index contributed by atoms with van der Waals surface area (Å²) in [6.07, 6.45) is 1.42. The number of methoxy groups -OCH3 is 3. The number of carbonyl (C=O) groups excluding carboxylic acids is 2. The van der Waals surface area contributed by atoms with Crippen LogP contribution >= 0.6 is 23.4 Å². The molecule has 1 aromatic heterocycles. The third-order valence-electron chi connectivity index (χ3n) is 5.53. The van der Waals surface area contributed by atoms with E-state index < -0.39 is 5.97 Å². The molecule has 0 radical (unpaired) electrons. The third kappa shape index (κ3) is 7.35. The predicted molar refractivity (Wildman–Crippen MR) is 156 cm³/mol. The zero-order valence-corrected chi connectivity index (χ0v) is 24.2. The maximum atomic E-state index is 12.6. The second-order valence-corrected chi connectivity index (χ2v) is 9.66. The van der Waals surface area contributed by atoms with Crippen LogP contribution in [0.15, 0.2) is 70.9 Å². The first-order chi connectivity index (χ1) is 19.8. The molecule has 0 fully saturated rings. The molecule has 0 spiro atoms. The fourth-order valence-corrected chi connectivity index (χ4v) is 4.54. The number of hydrogen-bond acceptors (Lipinski definition) is 10. The number of aromatic nitrogens is 3. The summed E-state index contributed by atoms with van der Waals surface area (Å²) < 4.78 is 22.9. The van der Waals surface area contributed by atoms with Crippen LogP contribution in [0.2, 0.25) is 5.02 Å². The quantitative estimate of drug-likeness (QED) is 0.0856. The van der Waals surface area contributed by atoms with E-state index in [9.17, 15) is 9.59 Å². The van der Waals surface area contributed by atoms with Gasteiger partial charge in [-0.2, -0.15) is 5.10 Å². The van der Waals surface area contributed by atoms with Crippen molar-refractivity contribution in [2.45, 2.75) is 12.1 Å². The van der Waals surface area contributed by atoms with Crippen LogP contribution in [-0.2, 0) is 9.59 Å². The van der Waals surface area contributed by atoms with Gasteiger partial charge in [0, 0.05) is 28.8 Å². The highest BCUT2D eigenvalue weighted by Crippen LogP contribution is 2.38. The lowest BCUT2D eigenvalue weighted by molar-refractivity contribution is -0.132. The van der Waals surface area contributed by atoms with Gasteiger partial charge in [-0.25, -0.2) is 5.43 Å². The first kappa shape index (κ1) is 29.4. The van der Waals surface area contributed by atoms with Crippen molar-refractivity contribution in [1.29, 1.82) is 0 Å². The lowest BCUT2D eigenvalue weighted by Gasteiger charge is -2.13. The summed E-state index contributed by atoms with van der Waals surface area (Å²) in [4.78, 5) is 24.1. The van der Waals surface area contributed by atoms with Crippen molar-refractivity contribution in [1.82, 2.24) is 20.2 Å². The largest absolute Gasteiger partial charge is 0.497 e. The molecule has 0 saturated heterocycles. The number of benzene rings is 3. The van der Waals surface area contributed by atoms with E-state index in [0.717, 1.165) is 17.0 Å². The molecule has 13 heteroatoms. The van der Waals surface area contributed by atoms with Gasteiger partial charge >= 0.3 is 5.97 Å². The summed E-state index contributed by atoms with van der Waals surface area (Å²) in [5.41, 5.74) is 4.65. The van der Waals surface area contributed by atoms with E-state index in [4.69, 9.17) is 30.5 Å². The summed E-state index contributed by atoms with van der Waals surface area (Å²) >= 11 is 7.30. The van der Waals surface area contributed by atoms with Crippen molar-refractivity contribution in [3.05, 3.63) is 71.2 Å². The fraction of sp³-hybridized carbons (Fsp3) is 0.179. The van der Waals surface area contributed by atoms with E-state index in [1.54, 1.807) is 31.4 Å². The number of esters is 1. The van der Waals surface area contributed by atoms with Crippen molar-refractivity contribution in [3.63, 3.8) is 0 Å². The number of halogens is 1. The Morgan fingerprint density at radius 1 is 0.976 bits per heavy atom. The number of rotatable bonds is 11. The molecule has 4 rings (SSSR count). The van der Waals surface area contributed by atoms with Crippen molar-refractivity contribution in [2.75, 3.05) is 27.1 Å². The van der Waals surface area contributed by atoms with E-state index in [-0.39, 0.29) is 28.9 Å². The highest BCUT2D eigenvalue weighted by molar-refractivity contribution is 7.99. The molecule has 1 N–H and O–H groups in total. The minimum atomic E-state index is -0.518. The molecule has 41 heavy (non-hydrogen) atoms. The van der Waals surface area contributed by atoms with Gasteiger partial charge in [-0.05, 0) is 60.7 Å². The Bertz CT molecular complexity index is 1530. The Balaban J connectivity index is 1.49. The smallest absolute Gasteiger partial charge is 0.308 e. The number of hydrogen-bond donors (Lipinski definition) is 1. The van der Waals surface area contributed by atoms with Crippen molar-refractivity contribution in [3.8, 4) is 40.1 Å². The highest BCUT2D eigenvalue weighted by Gasteiger charge is 2.18. The molecular formula is C28H26ClN5O6S. The molecule has 0 bridgehead atoms.